The van der Waals surface area contributed by atoms with Crippen molar-refractivity contribution in [3.8, 4) is 0 Å². The SMILES string of the molecule is CCCCCNC(=O)CSc1ccc(F)cc1. The molecule has 0 atom stereocenters. The van der Waals surface area contributed by atoms with Gasteiger partial charge in [-0.3, -0.25) is 4.79 Å². The number of hydrogen-bond donors (Lipinski definition) is 1. The van der Waals surface area contributed by atoms with E-state index in [-0.39, 0.29) is 11.7 Å². The lowest BCUT2D eigenvalue weighted by Gasteiger charge is -2.04. The molecule has 1 rings (SSSR count). The Bertz CT molecular complexity index is 340. The zero-order valence-corrected chi connectivity index (χ0v) is 10.9. The smallest absolute Gasteiger partial charge is 0.230 e. The average molecular weight is 255 g/mol. The molecule has 0 aliphatic rings. The van der Waals surface area contributed by atoms with E-state index in [4.69, 9.17) is 0 Å². The van der Waals surface area contributed by atoms with Gasteiger partial charge in [0.25, 0.3) is 0 Å². The van der Waals surface area contributed by atoms with Gasteiger partial charge in [-0.1, -0.05) is 19.8 Å². The van der Waals surface area contributed by atoms with Crippen molar-refractivity contribution in [1.29, 1.82) is 0 Å². The third-order valence-corrected chi connectivity index (χ3v) is 3.30. The third-order valence-electron chi connectivity index (χ3n) is 2.29. The van der Waals surface area contributed by atoms with Crippen LogP contribution in [0.1, 0.15) is 26.2 Å². The van der Waals surface area contributed by atoms with Crippen LogP contribution < -0.4 is 5.32 Å². The van der Waals surface area contributed by atoms with Gasteiger partial charge in [-0.2, -0.15) is 0 Å². The Morgan fingerprint density at radius 3 is 2.65 bits per heavy atom. The number of unbranched alkanes of at least 4 members (excludes halogenated alkanes) is 2. The van der Waals surface area contributed by atoms with Crippen LogP contribution in [0.25, 0.3) is 0 Å². The van der Waals surface area contributed by atoms with Crippen LogP contribution in [0.5, 0.6) is 0 Å². The lowest BCUT2D eigenvalue weighted by atomic mass is 10.2. The Kier molecular flexibility index (Phi) is 6.70. The maximum absolute atomic E-state index is 12.6. The van der Waals surface area contributed by atoms with Crippen LogP contribution in [0.2, 0.25) is 0 Å². The fraction of sp³-hybridized carbons (Fsp3) is 0.462. The first-order chi connectivity index (χ1) is 8.22. The maximum Gasteiger partial charge on any atom is 0.230 e. The van der Waals surface area contributed by atoms with Crippen molar-refractivity contribution in [2.45, 2.75) is 31.1 Å². The summed E-state index contributed by atoms with van der Waals surface area (Å²) < 4.78 is 12.6. The average Bonchev–Trinajstić information content (AvgIpc) is 2.34. The summed E-state index contributed by atoms with van der Waals surface area (Å²) in [5.41, 5.74) is 0. The van der Waals surface area contributed by atoms with Crippen LogP contribution in [-0.2, 0) is 4.79 Å². The number of benzene rings is 1. The van der Waals surface area contributed by atoms with Crippen LogP contribution in [0.4, 0.5) is 4.39 Å². The molecule has 0 fully saturated rings. The highest BCUT2D eigenvalue weighted by molar-refractivity contribution is 8.00. The summed E-state index contributed by atoms with van der Waals surface area (Å²) in [6.07, 6.45) is 3.33. The van der Waals surface area contributed by atoms with Gasteiger partial charge in [-0.15, -0.1) is 11.8 Å². The lowest BCUT2D eigenvalue weighted by molar-refractivity contribution is -0.118. The summed E-state index contributed by atoms with van der Waals surface area (Å²) in [5.74, 6) is 0.173. The molecule has 0 aliphatic heterocycles. The number of halogens is 1. The molecular formula is C13H18FNOS. The molecule has 1 aromatic carbocycles. The van der Waals surface area contributed by atoms with Crippen molar-refractivity contribution in [1.82, 2.24) is 5.32 Å². The Balaban J connectivity index is 2.17. The maximum atomic E-state index is 12.6. The highest BCUT2D eigenvalue weighted by Gasteiger charge is 2.02. The van der Waals surface area contributed by atoms with Crippen molar-refractivity contribution < 1.29 is 9.18 Å². The summed E-state index contributed by atoms with van der Waals surface area (Å²) >= 11 is 1.42. The number of carbonyl (C=O) groups is 1. The molecule has 94 valence electrons. The fourth-order valence-corrected chi connectivity index (χ4v) is 2.06. The predicted molar refractivity (Wildman–Crippen MR) is 69.7 cm³/mol. The number of carbonyl (C=O) groups excluding carboxylic acids is 1. The van der Waals surface area contributed by atoms with E-state index >= 15 is 0 Å². The minimum Gasteiger partial charge on any atom is -0.355 e. The number of nitrogens with one attached hydrogen (secondary N) is 1. The van der Waals surface area contributed by atoms with E-state index in [2.05, 4.69) is 12.2 Å². The van der Waals surface area contributed by atoms with Gasteiger partial charge in [0.05, 0.1) is 5.75 Å². The van der Waals surface area contributed by atoms with Crippen LogP contribution >= 0.6 is 11.8 Å². The first-order valence-electron chi connectivity index (χ1n) is 5.87. The van der Waals surface area contributed by atoms with Gasteiger partial charge in [0, 0.05) is 11.4 Å². The first-order valence-corrected chi connectivity index (χ1v) is 6.86. The van der Waals surface area contributed by atoms with E-state index in [1.54, 1.807) is 12.1 Å². The van der Waals surface area contributed by atoms with Gasteiger partial charge in [-0.05, 0) is 30.7 Å². The standard InChI is InChI=1S/C13H18FNOS/c1-2-3-4-9-15-13(16)10-17-12-7-5-11(14)6-8-12/h5-8H,2-4,9-10H2,1H3,(H,15,16). The van der Waals surface area contributed by atoms with Crippen molar-refractivity contribution in [2.24, 2.45) is 0 Å². The van der Waals surface area contributed by atoms with Crippen molar-refractivity contribution >= 4 is 17.7 Å². The molecule has 1 amide bonds. The molecule has 0 saturated carbocycles. The molecule has 0 aromatic heterocycles. The Labute approximate surface area is 106 Å². The van der Waals surface area contributed by atoms with Crippen LogP contribution in [0, 0.1) is 5.82 Å². The van der Waals surface area contributed by atoms with Crippen molar-refractivity contribution in [3.63, 3.8) is 0 Å². The molecule has 0 aliphatic carbocycles. The highest BCUT2D eigenvalue weighted by Crippen LogP contribution is 2.17. The van der Waals surface area contributed by atoms with E-state index in [9.17, 15) is 9.18 Å². The van der Waals surface area contributed by atoms with Crippen LogP contribution in [0.3, 0.4) is 0 Å². The van der Waals surface area contributed by atoms with Gasteiger partial charge in [-0.25, -0.2) is 4.39 Å². The Morgan fingerprint density at radius 1 is 1.29 bits per heavy atom. The molecule has 0 bridgehead atoms. The van der Waals surface area contributed by atoms with Crippen LogP contribution in [-0.4, -0.2) is 18.2 Å². The third kappa shape index (κ3) is 6.31. The molecule has 0 saturated heterocycles. The van der Waals surface area contributed by atoms with Crippen LogP contribution in [0.15, 0.2) is 29.2 Å². The van der Waals surface area contributed by atoms with Crippen molar-refractivity contribution in [2.75, 3.05) is 12.3 Å². The molecule has 2 nitrogen and oxygen atoms in total. The second kappa shape index (κ2) is 8.12. The summed E-state index contributed by atoms with van der Waals surface area (Å²) in [6, 6.07) is 6.18. The molecular weight excluding hydrogens is 237 g/mol. The lowest BCUT2D eigenvalue weighted by Crippen LogP contribution is -2.26. The first kappa shape index (κ1) is 14.0. The van der Waals surface area contributed by atoms with E-state index in [0.717, 1.165) is 30.7 Å². The van der Waals surface area contributed by atoms with Gasteiger partial charge in [0.2, 0.25) is 5.91 Å². The highest BCUT2D eigenvalue weighted by atomic mass is 32.2. The minimum absolute atomic E-state index is 0.0374. The second-order valence-electron chi connectivity index (χ2n) is 3.80. The summed E-state index contributed by atoms with van der Waals surface area (Å²) in [5, 5.41) is 2.87. The molecule has 1 aromatic rings. The summed E-state index contributed by atoms with van der Waals surface area (Å²) in [4.78, 5) is 12.4. The molecule has 4 heteroatoms. The zero-order chi connectivity index (χ0) is 12.5. The van der Waals surface area contributed by atoms with E-state index in [1.807, 2.05) is 0 Å². The number of rotatable bonds is 7. The molecule has 0 heterocycles. The largest absolute Gasteiger partial charge is 0.355 e. The van der Waals surface area contributed by atoms with Gasteiger partial charge in [0.15, 0.2) is 0 Å². The molecule has 0 radical (unpaired) electrons. The van der Waals surface area contributed by atoms with Crippen molar-refractivity contribution in [3.05, 3.63) is 30.1 Å². The fourth-order valence-electron chi connectivity index (χ4n) is 1.33. The molecule has 1 N–H and O–H groups in total. The number of amides is 1. The predicted octanol–water partition coefficient (Wildman–Crippen LogP) is 3.22. The monoisotopic (exact) mass is 255 g/mol. The normalized spacial score (nSPS) is 10.2. The second-order valence-corrected chi connectivity index (χ2v) is 4.85. The number of thioether (sulfide) groups is 1. The Morgan fingerprint density at radius 2 is 2.00 bits per heavy atom. The van der Waals surface area contributed by atoms with Gasteiger partial charge < -0.3 is 5.32 Å². The topological polar surface area (TPSA) is 29.1 Å². The van der Waals surface area contributed by atoms with E-state index < -0.39 is 0 Å². The van der Waals surface area contributed by atoms with Gasteiger partial charge >= 0.3 is 0 Å². The Hall–Kier alpha value is -1.03. The van der Waals surface area contributed by atoms with E-state index in [1.165, 1.54) is 23.9 Å². The quantitative estimate of drug-likeness (QED) is 0.598. The van der Waals surface area contributed by atoms with E-state index in [0.29, 0.717) is 5.75 Å². The summed E-state index contributed by atoms with van der Waals surface area (Å²) in [6.45, 7) is 2.88. The molecule has 0 unspecified atom stereocenters. The molecule has 17 heavy (non-hydrogen) atoms. The van der Waals surface area contributed by atoms with Gasteiger partial charge in [0.1, 0.15) is 5.82 Å². The molecule has 0 spiro atoms. The zero-order valence-electron chi connectivity index (χ0n) is 10.0. The summed E-state index contributed by atoms with van der Waals surface area (Å²) in [7, 11) is 0. The minimum atomic E-state index is -0.252. The number of hydrogen-bond acceptors (Lipinski definition) is 2.